The molecule has 0 rings (SSSR count). The van der Waals surface area contributed by atoms with Crippen molar-refractivity contribution in [1.82, 2.24) is 0 Å². The topological polar surface area (TPSA) is 20.2 Å². The lowest BCUT2D eigenvalue weighted by Crippen LogP contribution is -2.28. The van der Waals surface area contributed by atoms with Gasteiger partial charge in [0.25, 0.3) is 0 Å². The van der Waals surface area contributed by atoms with Crippen LogP contribution in [0.4, 0.5) is 0 Å². The van der Waals surface area contributed by atoms with Crippen molar-refractivity contribution < 1.29 is 5.11 Å². The van der Waals surface area contributed by atoms with E-state index in [0.29, 0.717) is 11.8 Å². The predicted molar refractivity (Wildman–Crippen MR) is 63.1 cm³/mol. The number of hydrogen-bond acceptors (Lipinski definition) is 1. The van der Waals surface area contributed by atoms with Gasteiger partial charge in [-0.3, -0.25) is 0 Å². The van der Waals surface area contributed by atoms with Gasteiger partial charge >= 0.3 is 0 Å². The summed E-state index contributed by atoms with van der Waals surface area (Å²) in [5.74, 6) is 1.11. The van der Waals surface area contributed by atoms with E-state index >= 15 is 0 Å². The second-order valence-corrected chi connectivity index (χ2v) is 4.64. The van der Waals surface area contributed by atoms with E-state index in [9.17, 15) is 5.11 Å². The Bertz CT molecular complexity index is 193. The van der Waals surface area contributed by atoms with E-state index in [0.717, 1.165) is 5.57 Å². The molecule has 0 aromatic heterocycles. The van der Waals surface area contributed by atoms with Crippen molar-refractivity contribution in [2.75, 3.05) is 0 Å². The monoisotopic (exact) mass is 196 g/mol. The molecule has 1 nitrogen and oxygen atoms in total. The molecule has 0 aromatic carbocycles. The first kappa shape index (κ1) is 13.4. The molecule has 0 aromatic rings. The second-order valence-electron chi connectivity index (χ2n) is 4.64. The van der Waals surface area contributed by atoms with Crippen LogP contribution in [0.5, 0.6) is 0 Å². The van der Waals surface area contributed by atoms with Crippen LogP contribution in [0, 0.1) is 17.8 Å². The summed E-state index contributed by atoms with van der Waals surface area (Å²) in [6.07, 6.45) is -0.396. The third-order valence-corrected chi connectivity index (χ3v) is 3.40. The maximum Gasteiger partial charge on any atom is 0.0773 e. The van der Waals surface area contributed by atoms with Crippen molar-refractivity contribution in [3.05, 3.63) is 24.3 Å². The average Bonchev–Trinajstić information content (AvgIpc) is 2.12. The zero-order valence-corrected chi connectivity index (χ0v) is 10.2. The summed E-state index contributed by atoms with van der Waals surface area (Å²) in [6, 6.07) is 0. The van der Waals surface area contributed by atoms with E-state index < -0.39 is 6.10 Å². The van der Waals surface area contributed by atoms with Crippen LogP contribution in [-0.2, 0) is 0 Å². The van der Waals surface area contributed by atoms with Crippen molar-refractivity contribution in [2.24, 2.45) is 17.8 Å². The Morgan fingerprint density at radius 3 is 1.64 bits per heavy atom. The van der Waals surface area contributed by atoms with E-state index in [1.165, 1.54) is 5.57 Å². The Kier molecular flexibility index (Phi) is 5.14. The van der Waals surface area contributed by atoms with Crippen LogP contribution in [0.1, 0.15) is 34.6 Å². The smallest absolute Gasteiger partial charge is 0.0773 e. The molecule has 0 aliphatic carbocycles. The highest BCUT2D eigenvalue weighted by molar-refractivity contribution is 5.03. The second kappa shape index (κ2) is 5.35. The van der Waals surface area contributed by atoms with Crippen molar-refractivity contribution in [3.8, 4) is 0 Å². The fraction of sp³-hybridized carbons (Fsp3) is 0.692. The van der Waals surface area contributed by atoms with Gasteiger partial charge in [-0.1, -0.05) is 45.1 Å². The van der Waals surface area contributed by atoms with Crippen molar-refractivity contribution in [1.29, 1.82) is 0 Å². The van der Waals surface area contributed by atoms with E-state index in [1.54, 1.807) is 0 Å². The lowest BCUT2D eigenvalue weighted by atomic mass is 9.78. The highest BCUT2D eigenvalue weighted by Crippen LogP contribution is 2.29. The van der Waals surface area contributed by atoms with Gasteiger partial charge in [0.2, 0.25) is 0 Å². The molecule has 14 heavy (non-hydrogen) atoms. The molecule has 1 N–H and O–H groups in total. The summed E-state index contributed by atoms with van der Waals surface area (Å²) in [5, 5.41) is 9.87. The molecule has 4 atom stereocenters. The van der Waals surface area contributed by atoms with E-state index in [-0.39, 0.29) is 5.92 Å². The van der Waals surface area contributed by atoms with Gasteiger partial charge in [-0.2, -0.15) is 0 Å². The zero-order chi connectivity index (χ0) is 11.5. The first-order valence-corrected chi connectivity index (χ1v) is 5.27. The molecule has 0 radical (unpaired) electrons. The quantitative estimate of drug-likeness (QED) is 0.668. The summed E-state index contributed by atoms with van der Waals surface area (Å²) in [4.78, 5) is 0. The van der Waals surface area contributed by atoms with Gasteiger partial charge in [-0.05, 0) is 31.6 Å². The molecule has 0 aliphatic rings. The van der Waals surface area contributed by atoms with Gasteiger partial charge in [0.15, 0.2) is 0 Å². The minimum Gasteiger partial charge on any atom is -0.388 e. The van der Waals surface area contributed by atoms with Gasteiger partial charge < -0.3 is 5.11 Å². The van der Waals surface area contributed by atoms with Crippen LogP contribution in [0.2, 0.25) is 0 Å². The number of rotatable bonds is 5. The van der Waals surface area contributed by atoms with Gasteiger partial charge in [0.1, 0.15) is 0 Å². The van der Waals surface area contributed by atoms with Gasteiger partial charge in [-0.15, -0.1) is 0 Å². The highest BCUT2D eigenvalue weighted by Gasteiger charge is 2.25. The first-order valence-electron chi connectivity index (χ1n) is 5.27. The van der Waals surface area contributed by atoms with Crippen molar-refractivity contribution in [3.63, 3.8) is 0 Å². The molecule has 0 bridgehead atoms. The summed E-state index contributed by atoms with van der Waals surface area (Å²) < 4.78 is 0. The Morgan fingerprint density at radius 2 is 1.36 bits per heavy atom. The molecule has 0 spiro atoms. The SMILES string of the molecule is C=C(C)[C@H](C)[C@H](C)[C@@H](C)[C@@H](O)C(=C)C. The molecule has 1 heteroatoms. The molecule has 0 amide bonds. The number of aliphatic hydroxyl groups is 1. The number of allylic oxidation sites excluding steroid dienone is 1. The summed E-state index contributed by atoms with van der Waals surface area (Å²) in [7, 11) is 0. The predicted octanol–water partition coefficient (Wildman–Crippen LogP) is 3.41. The molecule has 0 heterocycles. The summed E-state index contributed by atoms with van der Waals surface area (Å²) in [5.41, 5.74) is 2.02. The first-order chi connectivity index (χ1) is 6.29. The van der Waals surface area contributed by atoms with Crippen molar-refractivity contribution in [2.45, 2.75) is 40.7 Å². The zero-order valence-electron chi connectivity index (χ0n) is 10.2. The lowest BCUT2D eigenvalue weighted by Gasteiger charge is -2.30. The van der Waals surface area contributed by atoms with Gasteiger partial charge in [0.05, 0.1) is 6.10 Å². The van der Waals surface area contributed by atoms with Crippen LogP contribution in [0.3, 0.4) is 0 Å². The minimum atomic E-state index is -0.396. The average molecular weight is 196 g/mol. The highest BCUT2D eigenvalue weighted by atomic mass is 16.3. The minimum absolute atomic E-state index is 0.235. The fourth-order valence-corrected chi connectivity index (χ4v) is 1.64. The third kappa shape index (κ3) is 3.30. The molecule has 0 unspecified atom stereocenters. The van der Waals surface area contributed by atoms with E-state index in [4.69, 9.17) is 0 Å². The third-order valence-electron chi connectivity index (χ3n) is 3.40. The Hall–Kier alpha value is -0.560. The Balaban J connectivity index is 4.45. The number of hydrogen-bond donors (Lipinski definition) is 1. The lowest BCUT2D eigenvalue weighted by molar-refractivity contribution is 0.105. The molecule has 0 fully saturated rings. The Morgan fingerprint density at radius 1 is 0.929 bits per heavy atom. The summed E-state index contributed by atoms with van der Waals surface area (Å²) in [6.45, 7) is 18.1. The summed E-state index contributed by atoms with van der Waals surface area (Å²) >= 11 is 0. The Labute approximate surface area is 88.5 Å². The van der Waals surface area contributed by atoms with Crippen LogP contribution >= 0.6 is 0 Å². The maximum absolute atomic E-state index is 9.87. The van der Waals surface area contributed by atoms with Crippen molar-refractivity contribution >= 4 is 0 Å². The van der Waals surface area contributed by atoms with Gasteiger partial charge in [-0.25, -0.2) is 0 Å². The number of aliphatic hydroxyl groups excluding tert-OH is 1. The molecule has 82 valence electrons. The molecular weight excluding hydrogens is 172 g/mol. The maximum atomic E-state index is 9.87. The van der Waals surface area contributed by atoms with E-state index in [1.807, 2.05) is 13.8 Å². The molecule has 0 saturated heterocycles. The van der Waals surface area contributed by atoms with Crippen LogP contribution in [0.15, 0.2) is 24.3 Å². The normalized spacial score (nSPS) is 19.6. The van der Waals surface area contributed by atoms with Crippen LogP contribution in [0.25, 0.3) is 0 Å². The molecule has 0 saturated carbocycles. The van der Waals surface area contributed by atoms with Gasteiger partial charge in [0, 0.05) is 0 Å². The molecular formula is C13H24O. The molecule has 0 aliphatic heterocycles. The standard InChI is InChI=1S/C13H24O/c1-8(2)10(5)11(6)12(7)13(14)9(3)4/h10-14H,1,3H2,2,4-7H3/t10-,11-,12+,13-/m0/s1. The fourth-order valence-electron chi connectivity index (χ4n) is 1.64. The van der Waals surface area contributed by atoms with E-state index in [2.05, 4.69) is 33.9 Å². The van der Waals surface area contributed by atoms with Crippen LogP contribution < -0.4 is 0 Å². The van der Waals surface area contributed by atoms with Crippen LogP contribution in [-0.4, -0.2) is 11.2 Å². The largest absolute Gasteiger partial charge is 0.388 e.